The van der Waals surface area contributed by atoms with Crippen molar-refractivity contribution in [2.75, 3.05) is 0 Å². The fourth-order valence-corrected chi connectivity index (χ4v) is 1.39. The molecule has 0 atom stereocenters. The molecule has 0 aromatic rings. The van der Waals surface area contributed by atoms with Crippen LogP contribution in [0, 0.1) is 5.92 Å². The highest BCUT2D eigenvalue weighted by Gasteiger charge is 2.15. The van der Waals surface area contributed by atoms with Crippen LogP contribution in [0.2, 0.25) is 0 Å². The smallest absolute Gasteiger partial charge is 0.161 e. The normalized spacial score (nSPS) is 13.0. The number of carbonyl (C=O) groups excluding carboxylic acids is 1. The highest BCUT2D eigenvalue weighted by atomic mass is 16.3. The van der Waals surface area contributed by atoms with Gasteiger partial charge in [-0.1, -0.05) is 20.8 Å². The summed E-state index contributed by atoms with van der Waals surface area (Å²) >= 11 is 0. The molecule has 1 N–H and O–H groups in total. The number of ketones is 1. The maximum atomic E-state index is 11.3. The van der Waals surface area contributed by atoms with Gasteiger partial charge >= 0.3 is 0 Å². The van der Waals surface area contributed by atoms with Crippen LogP contribution in [0.15, 0.2) is 11.3 Å². The van der Waals surface area contributed by atoms with Crippen LogP contribution in [0.5, 0.6) is 0 Å². The minimum atomic E-state index is 0.0457. The van der Waals surface area contributed by atoms with Gasteiger partial charge in [0.2, 0.25) is 0 Å². The Kier molecular flexibility index (Phi) is 5.44. The number of aliphatic hydroxyl groups is 1. The summed E-state index contributed by atoms with van der Waals surface area (Å²) in [6.07, 6.45) is 2.24. The molecule has 0 spiro atoms. The first-order valence-corrected chi connectivity index (χ1v) is 5.01. The molecule has 2 nitrogen and oxygen atoms in total. The van der Waals surface area contributed by atoms with Crippen LogP contribution in [0.1, 0.15) is 47.0 Å². The maximum absolute atomic E-state index is 11.3. The second kappa shape index (κ2) is 5.79. The molecule has 0 aliphatic heterocycles. The number of aliphatic hydroxyl groups excluding tert-OH is 1. The minimum Gasteiger partial charge on any atom is -0.512 e. The molecule has 0 saturated heterocycles. The molecule has 0 unspecified atom stereocenters. The molecule has 0 aromatic heterocycles. The Morgan fingerprint density at radius 2 is 1.69 bits per heavy atom. The molecule has 0 rings (SSSR count). The zero-order chi connectivity index (χ0) is 10.4. The zero-order valence-corrected chi connectivity index (χ0v) is 9.05. The van der Waals surface area contributed by atoms with Gasteiger partial charge in [0, 0.05) is 17.9 Å². The molecule has 0 amide bonds. The molecule has 0 bridgehead atoms. The van der Waals surface area contributed by atoms with Gasteiger partial charge in [-0.15, -0.1) is 0 Å². The number of hydrogen-bond donors (Lipinski definition) is 1. The van der Waals surface area contributed by atoms with Crippen LogP contribution < -0.4 is 0 Å². The highest BCUT2D eigenvalue weighted by Crippen LogP contribution is 2.20. The van der Waals surface area contributed by atoms with Gasteiger partial charge < -0.3 is 5.11 Å². The van der Waals surface area contributed by atoms with E-state index in [-0.39, 0.29) is 17.5 Å². The second-order valence-corrected chi connectivity index (χ2v) is 3.30. The summed E-state index contributed by atoms with van der Waals surface area (Å²) in [5, 5.41) is 9.74. The van der Waals surface area contributed by atoms with Crippen molar-refractivity contribution >= 4 is 5.78 Å². The fraction of sp³-hybridized carbons (Fsp3) is 0.727. The van der Waals surface area contributed by atoms with E-state index in [0.717, 1.165) is 12.8 Å². The Morgan fingerprint density at radius 1 is 1.23 bits per heavy atom. The molecule has 2 heteroatoms. The highest BCUT2D eigenvalue weighted by molar-refractivity contribution is 5.94. The van der Waals surface area contributed by atoms with Crippen LogP contribution in [0.3, 0.4) is 0 Å². The van der Waals surface area contributed by atoms with E-state index in [4.69, 9.17) is 0 Å². The van der Waals surface area contributed by atoms with Crippen molar-refractivity contribution in [1.82, 2.24) is 0 Å². The van der Waals surface area contributed by atoms with Crippen LogP contribution in [0.25, 0.3) is 0 Å². The van der Waals surface area contributed by atoms with Gasteiger partial charge in [0.05, 0.1) is 0 Å². The van der Waals surface area contributed by atoms with E-state index in [1.54, 1.807) is 6.92 Å². The standard InChI is InChI=1S/C11H20O2/c1-5-9(6-2)11(13)8(4)10(12)7-3/h9,13H,5-7H2,1-4H3. The largest absolute Gasteiger partial charge is 0.512 e. The predicted molar refractivity (Wildman–Crippen MR) is 54.7 cm³/mol. The van der Waals surface area contributed by atoms with E-state index < -0.39 is 0 Å². The Bertz CT molecular complexity index is 200. The first-order chi connectivity index (χ1) is 6.08. The third kappa shape index (κ3) is 3.21. The van der Waals surface area contributed by atoms with E-state index in [1.165, 1.54) is 0 Å². The number of Topliss-reactive ketones (excluding diaryl/α,β-unsaturated/α-hetero) is 1. The van der Waals surface area contributed by atoms with Gasteiger partial charge in [-0.2, -0.15) is 0 Å². The molecule has 0 saturated carbocycles. The molecule has 0 heterocycles. The van der Waals surface area contributed by atoms with Crippen molar-refractivity contribution in [1.29, 1.82) is 0 Å². The number of hydrogen-bond acceptors (Lipinski definition) is 2. The van der Waals surface area contributed by atoms with Crippen LogP contribution in [-0.4, -0.2) is 10.9 Å². The summed E-state index contributed by atoms with van der Waals surface area (Å²) in [6.45, 7) is 7.56. The lowest BCUT2D eigenvalue weighted by Crippen LogP contribution is -2.08. The summed E-state index contributed by atoms with van der Waals surface area (Å²) in [5.74, 6) is 0.483. The quantitative estimate of drug-likeness (QED) is 0.526. The average Bonchev–Trinajstić information content (AvgIpc) is 2.17. The Hall–Kier alpha value is -0.790. The molecule has 0 radical (unpaired) electrons. The lowest BCUT2D eigenvalue weighted by Gasteiger charge is -2.13. The molecule has 0 aliphatic carbocycles. The summed E-state index contributed by atoms with van der Waals surface area (Å²) in [5.41, 5.74) is 0.538. The Balaban J connectivity index is 4.67. The third-order valence-corrected chi connectivity index (χ3v) is 2.50. The van der Waals surface area contributed by atoms with E-state index in [2.05, 4.69) is 0 Å². The van der Waals surface area contributed by atoms with Gasteiger partial charge in [-0.25, -0.2) is 0 Å². The summed E-state index contributed by atoms with van der Waals surface area (Å²) in [7, 11) is 0. The lowest BCUT2D eigenvalue weighted by atomic mass is 9.96. The Labute approximate surface area is 80.7 Å². The SMILES string of the molecule is CCC(=O)C(C)=C(O)C(CC)CC. The second-order valence-electron chi connectivity index (χ2n) is 3.30. The maximum Gasteiger partial charge on any atom is 0.161 e. The van der Waals surface area contributed by atoms with Crippen LogP contribution in [-0.2, 0) is 4.79 Å². The van der Waals surface area contributed by atoms with Gasteiger partial charge in [0.25, 0.3) is 0 Å². The molecule has 0 aromatic carbocycles. The van der Waals surface area contributed by atoms with Crippen LogP contribution in [0.4, 0.5) is 0 Å². The van der Waals surface area contributed by atoms with Gasteiger partial charge in [-0.3, -0.25) is 4.79 Å². The minimum absolute atomic E-state index is 0.0457. The molecule has 13 heavy (non-hydrogen) atoms. The zero-order valence-electron chi connectivity index (χ0n) is 9.05. The van der Waals surface area contributed by atoms with Crippen molar-refractivity contribution in [3.05, 3.63) is 11.3 Å². The number of allylic oxidation sites excluding steroid dienone is 2. The van der Waals surface area contributed by atoms with Crippen molar-refractivity contribution in [3.8, 4) is 0 Å². The molecule has 0 fully saturated rings. The van der Waals surface area contributed by atoms with Gasteiger partial charge in [0.15, 0.2) is 5.78 Å². The van der Waals surface area contributed by atoms with E-state index >= 15 is 0 Å². The van der Waals surface area contributed by atoms with Crippen molar-refractivity contribution in [2.24, 2.45) is 5.92 Å². The van der Waals surface area contributed by atoms with E-state index in [9.17, 15) is 9.90 Å². The number of carbonyl (C=O) groups is 1. The number of rotatable bonds is 5. The first kappa shape index (κ1) is 12.2. The monoisotopic (exact) mass is 184 g/mol. The fourth-order valence-electron chi connectivity index (χ4n) is 1.39. The molecular weight excluding hydrogens is 164 g/mol. The third-order valence-electron chi connectivity index (χ3n) is 2.50. The van der Waals surface area contributed by atoms with Gasteiger partial charge in [0.1, 0.15) is 5.76 Å². The lowest BCUT2D eigenvalue weighted by molar-refractivity contribution is -0.115. The van der Waals surface area contributed by atoms with Gasteiger partial charge in [-0.05, 0) is 19.8 Å². The van der Waals surface area contributed by atoms with Crippen molar-refractivity contribution in [2.45, 2.75) is 47.0 Å². The molecule has 76 valence electrons. The summed E-state index contributed by atoms with van der Waals surface area (Å²) in [6, 6.07) is 0. The van der Waals surface area contributed by atoms with Crippen molar-refractivity contribution < 1.29 is 9.90 Å². The topological polar surface area (TPSA) is 37.3 Å². The van der Waals surface area contributed by atoms with E-state index in [0.29, 0.717) is 12.0 Å². The summed E-state index contributed by atoms with van der Waals surface area (Å²) < 4.78 is 0. The molecular formula is C11H20O2. The first-order valence-electron chi connectivity index (χ1n) is 5.01. The summed E-state index contributed by atoms with van der Waals surface area (Å²) in [4.78, 5) is 11.3. The molecule has 0 aliphatic rings. The van der Waals surface area contributed by atoms with Crippen molar-refractivity contribution in [3.63, 3.8) is 0 Å². The average molecular weight is 184 g/mol. The van der Waals surface area contributed by atoms with Crippen LogP contribution >= 0.6 is 0 Å². The predicted octanol–water partition coefficient (Wildman–Crippen LogP) is 3.23. The van der Waals surface area contributed by atoms with E-state index in [1.807, 2.05) is 20.8 Å². The Morgan fingerprint density at radius 3 is 2.00 bits per heavy atom.